The Hall–Kier alpha value is -2.56. The quantitative estimate of drug-likeness (QED) is 0.661. The van der Waals surface area contributed by atoms with Crippen molar-refractivity contribution in [2.75, 3.05) is 20.1 Å². The maximum Gasteiger partial charge on any atom is 0.193 e. The summed E-state index contributed by atoms with van der Waals surface area (Å²) in [6.45, 7) is 7.91. The van der Waals surface area contributed by atoms with E-state index in [1.54, 1.807) is 6.20 Å². The monoisotopic (exact) mass is 352 g/mol. The van der Waals surface area contributed by atoms with E-state index in [2.05, 4.69) is 46.2 Å². The van der Waals surface area contributed by atoms with E-state index in [4.69, 9.17) is 4.74 Å². The molecule has 1 saturated heterocycles. The average Bonchev–Trinajstić information content (AvgIpc) is 3.01. The van der Waals surface area contributed by atoms with Crippen molar-refractivity contribution in [3.8, 4) is 5.75 Å². The second kappa shape index (κ2) is 8.21. The van der Waals surface area contributed by atoms with E-state index < -0.39 is 0 Å². The first kappa shape index (κ1) is 18.2. The van der Waals surface area contributed by atoms with Gasteiger partial charge in [-0.15, -0.1) is 0 Å². The molecule has 3 rings (SSSR count). The second-order valence-corrected chi connectivity index (χ2v) is 7.49. The van der Waals surface area contributed by atoms with Crippen LogP contribution in [-0.2, 0) is 13.2 Å². The van der Waals surface area contributed by atoms with Gasteiger partial charge in [0.25, 0.3) is 0 Å². The van der Waals surface area contributed by atoms with Crippen LogP contribution in [0.4, 0.5) is 0 Å². The molecule has 0 unspecified atom stereocenters. The number of aliphatic imine (C=N–C) groups is 1. The van der Waals surface area contributed by atoms with Crippen LogP contribution in [0.5, 0.6) is 5.75 Å². The number of hydrogen-bond acceptors (Lipinski definition) is 3. The summed E-state index contributed by atoms with van der Waals surface area (Å²) >= 11 is 0. The number of nitrogens with one attached hydrogen (secondary N) is 1. The molecule has 1 fully saturated rings. The molecule has 0 spiro atoms. The Morgan fingerprint density at radius 3 is 2.85 bits per heavy atom. The van der Waals surface area contributed by atoms with Gasteiger partial charge in [0.15, 0.2) is 5.96 Å². The Morgan fingerprint density at radius 1 is 1.27 bits per heavy atom. The van der Waals surface area contributed by atoms with Crippen LogP contribution in [0.25, 0.3) is 0 Å². The van der Waals surface area contributed by atoms with Crippen LogP contribution in [0.15, 0.2) is 53.7 Å². The Labute approximate surface area is 156 Å². The molecule has 0 atom stereocenters. The van der Waals surface area contributed by atoms with Crippen molar-refractivity contribution in [1.82, 2.24) is 15.2 Å². The van der Waals surface area contributed by atoms with E-state index in [9.17, 15) is 0 Å². The fourth-order valence-corrected chi connectivity index (χ4v) is 3.19. The van der Waals surface area contributed by atoms with Gasteiger partial charge in [0.05, 0.1) is 5.69 Å². The summed E-state index contributed by atoms with van der Waals surface area (Å²) in [7, 11) is 1.85. The number of guanidine groups is 1. The van der Waals surface area contributed by atoms with Crippen molar-refractivity contribution >= 4 is 5.96 Å². The number of pyridine rings is 1. The van der Waals surface area contributed by atoms with Gasteiger partial charge < -0.3 is 15.0 Å². The van der Waals surface area contributed by atoms with E-state index in [0.717, 1.165) is 37.0 Å². The molecular weight excluding hydrogens is 324 g/mol. The minimum Gasteiger partial charge on any atom is -0.487 e. The number of rotatable bonds is 5. The zero-order chi connectivity index (χ0) is 18.4. The number of likely N-dealkylation sites (tertiary alicyclic amines) is 1. The molecule has 26 heavy (non-hydrogen) atoms. The van der Waals surface area contributed by atoms with Crippen LogP contribution in [0, 0.1) is 5.41 Å². The van der Waals surface area contributed by atoms with Gasteiger partial charge in [0.1, 0.15) is 12.4 Å². The topological polar surface area (TPSA) is 49.8 Å². The lowest BCUT2D eigenvalue weighted by Gasteiger charge is -2.23. The Bertz CT molecular complexity index is 743. The summed E-state index contributed by atoms with van der Waals surface area (Å²) in [5, 5.41) is 3.47. The highest BCUT2D eigenvalue weighted by Crippen LogP contribution is 2.28. The standard InChI is InChI=1S/C21H28N4O/c1-21(2)10-12-25(16-21)20(22-3)24-14-17-7-6-9-19(13-17)26-15-18-8-4-5-11-23-18/h4-9,11,13H,10,12,14-16H2,1-3H3,(H,22,24). The molecule has 0 radical (unpaired) electrons. The molecule has 1 aliphatic rings. The van der Waals surface area contributed by atoms with Crippen molar-refractivity contribution in [3.63, 3.8) is 0 Å². The summed E-state index contributed by atoms with van der Waals surface area (Å²) < 4.78 is 5.86. The first-order valence-electron chi connectivity index (χ1n) is 9.13. The fourth-order valence-electron chi connectivity index (χ4n) is 3.19. The lowest BCUT2D eigenvalue weighted by molar-refractivity contribution is 0.301. The summed E-state index contributed by atoms with van der Waals surface area (Å²) in [5.41, 5.74) is 2.45. The van der Waals surface area contributed by atoms with Crippen molar-refractivity contribution in [2.45, 2.75) is 33.4 Å². The number of benzene rings is 1. The van der Waals surface area contributed by atoms with Gasteiger partial charge in [0.2, 0.25) is 0 Å². The van der Waals surface area contributed by atoms with E-state index >= 15 is 0 Å². The first-order chi connectivity index (χ1) is 12.6. The van der Waals surface area contributed by atoms with E-state index in [1.165, 1.54) is 12.0 Å². The highest BCUT2D eigenvalue weighted by molar-refractivity contribution is 5.80. The molecule has 0 aliphatic carbocycles. The summed E-state index contributed by atoms with van der Waals surface area (Å²) in [4.78, 5) is 11.1. The van der Waals surface area contributed by atoms with E-state index in [0.29, 0.717) is 12.0 Å². The summed E-state index contributed by atoms with van der Waals surface area (Å²) in [6, 6.07) is 14.0. The molecule has 2 aromatic rings. The lowest BCUT2D eigenvalue weighted by atomic mass is 9.93. The smallest absolute Gasteiger partial charge is 0.193 e. The van der Waals surface area contributed by atoms with Gasteiger partial charge in [-0.3, -0.25) is 9.98 Å². The highest BCUT2D eigenvalue weighted by atomic mass is 16.5. The van der Waals surface area contributed by atoms with Crippen molar-refractivity contribution < 1.29 is 4.74 Å². The lowest BCUT2D eigenvalue weighted by Crippen LogP contribution is -2.40. The summed E-state index contributed by atoms with van der Waals surface area (Å²) in [6.07, 6.45) is 2.98. The molecule has 1 aliphatic heterocycles. The van der Waals surface area contributed by atoms with Crippen LogP contribution in [-0.4, -0.2) is 36.0 Å². The van der Waals surface area contributed by atoms with Crippen LogP contribution >= 0.6 is 0 Å². The first-order valence-corrected chi connectivity index (χ1v) is 9.13. The van der Waals surface area contributed by atoms with Gasteiger partial charge in [-0.05, 0) is 41.7 Å². The number of aromatic nitrogens is 1. The second-order valence-electron chi connectivity index (χ2n) is 7.49. The van der Waals surface area contributed by atoms with Gasteiger partial charge in [-0.25, -0.2) is 0 Å². The zero-order valence-electron chi connectivity index (χ0n) is 15.9. The predicted octanol–water partition coefficient (Wildman–Crippen LogP) is 3.47. The molecule has 1 aromatic carbocycles. The van der Waals surface area contributed by atoms with Crippen LogP contribution in [0.1, 0.15) is 31.5 Å². The van der Waals surface area contributed by atoms with E-state index in [1.807, 2.05) is 37.4 Å². The molecular formula is C21H28N4O. The Balaban J connectivity index is 1.55. The minimum atomic E-state index is 0.358. The zero-order valence-corrected chi connectivity index (χ0v) is 15.9. The third kappa shape index (κ3) is 4.97. The molecule has 138 valence electrons. The SMILES string of the molecule is CN=C(NCc1cccc(OCc2ccccn2)c1)N1CCC(C)(C)C1. The van der Waals surface area contributed by atoms with E-state index in [-0.39, 0.29) is 0 Å². The van der Waals surface area contributed by atoms with Gasteiger partial charge in [0, 0.05) is 32.9 Å². The highest BCUT2D eigenvalue weighted by Gasteiger charge is 2.30. The number of ether oxygens (including phenoxy) is 1. The molecule has 2 heterocycles. The van der Waals surface area contributed by atoms with Crippen LogP contribution in [0.2, 0.25) is 0 Å². The number of hydrogen-bond donors (Lipinski definition) is 1. The normalized spacial score (nSPS) is 16.6. The molecule has 0 bridgehead atoms. The average molecular weight is 352 g/mol. The third-order valence-corrected chi connectivity index (χ3v) is 4.65. The predicted molar refractivity (Wildman–Crippen MR) is 105 cm³/mol. The minimum absolute atomic E-state index is 0.358. The van der Waals surface area contributed by atoms with Crippen molar-refractivity contribution in [2.24, 2.45) is 10.4 Å². The van der Waals surface area contributed by atoms with Crippen molar-refractivity contribution in [1.29, 1.82) is 0 Å². The maximum absolute atomic E-state index is 5.86. The number of nitrogens with zero attached hydrogens (tertiary/aromatic N) is 3. The Morgan fingerprint density at radius 2 is 2.15 bits per heavy atom. The molecule has 5 heteroatoms. The largest absolute Gasteiger partial charge is 0.487 e. The maximum atomic E-state index is 5.86. The molecule has 5 nitrogen and oxygen atoms in total. The molecule has 0 amide bonds. The van der Waals surface area contributed by atoms with Crippen LogP contribution < -0.4 is 10.1 Å². The van der Waals surface area contributed by atoms with Gasteiger partial charge in [-0.2, -0.15) is 0 Å². The fraction of sp³-hybridized carbons (Fsp3) is 0.429. The molecule has 0 saturated carbocycles. The molecule has 1 N–H and O–H groups in total. The van der Waals surface area contributed by atoms with Gasteiger partial charge in [-0.1, -0.05) is 32.0 Å². The summed E-state index contributed by atoms with van der Waals surface area (Å²) in [5.74, 6) is 1.82. The van der Waals surface area contributed by atoms with Gasteiger partial charge >= 0.3 is 0 Å². The third-order valence-electron chi connectivity index (χ3n) is 4.65. The van der Waals surface area contributed by atoms with Crippen LogP contribution in [0.3, 0.4) is 0 Å². The molecule has 1 aromatic heterocycles. The van der Waals surface area contributed by atoms with Crippen molar-refractivity contribution in [3.05, 3.63) is 59.9 Å². The Kier molecular flexibility index (Phi) is 5.76.